The Labute approximate surface area is 133 Å². The summed E-state index contributed by atoms with van der Waals surface area (Å²) >= 11 is 6.68. The Morgan fingerprint density at radius 2 is 1.95 bits per heavy atom. The van der Waals surface area contributed by atoms with Gasteiger partial charge >= 0.3 is 0 Å². The van der Waals surface area contributed by atoms with Gasteiger partial charge in [0.25, 0.3) is 5.91 Å². The molecule has 0 bridgehead atoms. The smallest absolute Gasteiger partial charge is 0.251 e. The van der Waals surface area contributed by atoms with E-state index in [-0.39, 0.29) is 18.3 Å². The maximum absolute atomic E-state index is 13.2. The summed E-state index contributed by atoms with van der Waals surface area (Å²) in [6.07, 6.45) is 0. The summed E-state index contributed by atoms with van der Waals surface area (Å²) < 4.78 is 14.8. The van der Waals surface area contributed by atoms with Gasteiger partial charge in [0.2, 0.25) is 0 Å². The van der Waals surface area contributed by atoms with E-state index in [1.807, 2.05) is 19.1 Å². The van der Waals surface area contributed by atoms with E-state index in [1.165, 1.54) is 12.1 Å². The predicted molar refractivity (Wildman–Crippen MR) is 84.1 cm³/mol. The van der Waals surface area contributed by atoms with Crippen molar-refractivity contribution in [1.82, 2.24) is 5.32 Å². The monoisotopic (exact) mass is 399 g/mol. The number of carbonyl (C=O) groups is 1. The van der Waals surface area contributed by atoms with Crippen LogP contribution in [0.15, 0.2) is 45.3 Å². The fourth-order valence-electron chi connectivity index (χ4n) is 1.79. The molecule has 0 aromatic heterocycles. The third-order valence-corrected chi connectivity index (χ3v) is 4.16. The highest BCUT2D eigenvalue weighted by molar-refractivity contribution is 9.10. The van der Waals surface area contributed by atoms with Crippen molar-refractivity contribution < 1.29 is 9.18 Å². The molecule has 0 unspecified atom stereocenters. The second kappa shape index (κ2) is 6.50. The summed E-state index contributed by atoms with van der Waals surface area (Å²) in [7, 11) is 0. The first kappa shape index (κ1) is 15.2. The molecule has 0 fully saturated rings. The van der Waals surface area contributed by atoms with Crippen molar-refractivity contribution in [2.24, 2.45) is 0 Å². The van der Waals surface area contributed by atoms with Crippen LogP contribution < -0.4 is 5.32 Å². The first-order chi connectivity index (χ1) is 9.47. The van der Waals surface area contributed by atoms with Crippen molar-refractivity contribution >= 4 is 37.8 Å². The minimum Gasteiger partial charge on any atom is -0.348 e. The van der Waals surface area contributed by atoms with Crippen molar-refractivity contribution in [2.75, 3.05) is 0 Å². The molecule has 5 heteroatoms. The van der Waals surface area contributed by atoms with Gasteiger partial charge in [-0.3, -0.25) is 4.79 Å². The van der Waals surface area contributed by atoms with E-state index >= 15 is 0 Å². The lowest BCUT2D eigenvalue weighted by Crippen LogP contribution is -2.23. The van der Waals surface area contributed by atoms with Crippen LogP contribution in [-0.4, -0.2) is 5.91 Å². The van der Waals surface area contributed by atoms with Crippen LogP contribution in [0.3, 0.4) is 0 Å². The highest BCUT2D eigenvalue weighted by Gasteiger charge is 2.10. The molecule has 2 aromatic rings. The summed E-state index contributed by atoms with van der Waals surface area (Å²) in [5.41, 5.74) is 2.20. The molecule has 0 spiro atoms. The standard InChI is InChI=1S/C15H12Br2FNO/c1-9-2-3-11(16)7-13(9)15(20)19-8-10-6-12(18)4-5-14(10)17/h2-7H,8H2,1H3,(H,19,20). The van der Waals surface area contributed by atoms with Gasteiger partial charge < -0.3 is 5.32 Å². The summed E-state index contributed by atoms with van der Waals surface area (Å²) in [5, 5.41) is 2.79. The lowest BCUT2D eigenvalue weighted by atomic mass is 10.1. The number of rotatable bonds is 3. The van der Waals surface area contributed by atoms with Gasteiger partial charge in [0.1, 0.15) is 5.82 Å². The van der Waals surface area contributed by atoms with Crippen molar-refractivity contribution in [3.05, 3.63) is 67.9 Å². The summed E-state index contributed by atoms with van der Waals surface area (Å²) in [6, 6.07) is 9.92. The molecule has 2 nitrogen and oxygen atoms in total. The fraction of sp³-hybridized carbons (Fsp3) is 0.133. The molecule has 0 atom stereocenters. The van der Waals surface area contributed by atoms with Crippen molar-refractivity contribution in [2.45, 2.75) is 13.5 Å². The largest absolute Gasteiger partial charge is 0.348 e. The highest BCUT2D eigenvalue weighted by atomic mass is 79.9. The van der Waals surface area contributed by atoms with Gasteiger partial charge in [-0.1, -0.05) is 37.9 Å². The topological polar surface area (TPSA) is 29.1 Å². The number of carbonyl (C=O) groups excluding carboxylic acids is 1. The molecule has 1 N–H and O–H groups in total. The van der Waals surface area contributed by atoms with Gasteiger partial charge in [0.05, 0.1) is 0 Å². The average molecular weight is 401 g/mol. The first-order valence-electron chi connectivity index (χ1n) is 5.95. The Morgan fingerprint density at radius 3 is 2.70 bits per heavy atom. The number of hydrogen-bond acceptors (Lipinski definition) is 1. The van der Waals surface area contributed by atoms with Gasteiger partial charge in [-0.05, 0) is 48.4 Å². The number of hydrogen-bond donors (Lipinski definition) is 1. The molecule has 0 heterocycles. The Kier molecular flexibility index (Phi) is 4.94. The minimum atomic E-state index is -0.323. The third-order valence-electron chi connectivity index (χ3n) is 2.89. The van der Waals surface area contributed by atoms with E-state index < -0.39 is 0 Å². The third kappa shape index (κ3) is 3.67. The van der Waals surface area contributed by atoms with E-state index in [0.29, 0.717) is 11.1 Å². The van der Waals surface area contributed by atoms with Crippen molar-refractivity contribution in [1.29, 1.82) is 0 Å². The molecule has 0 saturated heterocycles. The van der Waals surface area contributed by atoms with Gasteiger partial charge in [-0.15, -0.1) is 0 Å². The maximum atomic E-state index is 13.2. The van der Waals surface area contributed by atoms with Gasteiger partial charge in [0, 0.05) is 21.1 Å². The van der Waals surface area contributed by atoms with E-state index in [4.69, 9.17) is 0 Å². The molecule has 0 radical (unpaired) electrons. The Bertz CT molecular complexity index is 658. The highest BCUT2D eigenvalue weighted by Crippen LogP contribution is 2.19. The van der Waals surface area contributed by atoms with Crippen LogP contribution in [0.25, 0.3) is 0 Å². The zero-order valence-electron chi connectivity index (χ0n) is 10.7. The molecule has 0 aliphatic rings. The maximum Gasteiger partial charge on any atom is 0.251 e. The Hall–Kier alpha value is -1.20. The minimum absolute atomic E-state index is 0.181. The molecular formula is C15H12Br2FNO. The molecule has 0 saturated carbocycles. The van der Waals surface area contributed by atoms with Crippen LogP contribution >= 0.6 is 31.9 Å². The molecular weight excluding hydrogens is 389 g/mol. The summed E-state index contributed by atoms with van der Waals surface area (Å²) in [6.45, 7) is 2.14. The van der Waals surface area contributed by atoms with Crippen LogP contribution in [0.1, 0.15) is 21.5 Å². The Balaban J connectivity index is 2.12. The van der Waals surface area contributed by atoms with E-state index in [9.17, 15) is 9.18 Å². The summed E-state index contributed by atoms with van der Waals surface area (Å²) in [5.74, 6) is -0.504. The van der Waals surface area contributed by atoms with Crippen LogP contribution in [-0.2, 0) is 6.54 Å². The van der Waals surface area contributed by atoms with Gasteiger partial charge in [0.15, 0.2) is 0 Å². The second-order valence-electron chi connectivity index (χ2n) is 4.38. The molecule has 0 aliphatic carbocycles. The predicted octanol–water partition coefficient (Wildman–Crippen LogP) is 4.59. The Morgan fingerprint density at radius 1 is 1.20 bits per heavy atom. The molecule has 104 valence electrons. The van der Waals surface area contributed by atoms with E-state index in [0.717, 1.165) is 14.5 Å². The molecule has 20 heavy (non-hydrogen) atoms. The van der Waals surface area contributed by atoms with Gasteiger partial charge in [-0.2, -0.15) is 0 Å². The van der Waals surface area contributed by atoms with E-state index in [2.05, 4.69) is 37.2 Å². The van der Waals surface area contributed by atoms with Crippen molar-refractivity contribution in [3.8, 4) is 0 Å². The molecule has 1 amide bonds. The second-order valence-corrected chi connectivity index (χ2v) is 6.15. The summed E-state index contributed by atoms with van der Waals surface area (Å²) in [4.78, 5) is 12.1. The lowest BCUT2D eigenvalue weighted by Gasteiger charge is -2.09. The lowest BCUT2D eigenvalue weighted by molar-refractivity contribution is 0.0950. The van der Waals surface area contributed by atoms with Gasteiger partial charge in [-0.25, -0.2) is 4.39 Å². The fourth-order valence-corrected chi connectivity index (χ4v) is 2.54. The zero-order chi connectivity index (χ0) is 14.7. The molecule has 2 rings (SSSR count). The number of halogens is 3. The quantitative estimate of drug-likeness (QED) is 0.802. The number of nitrogens with one attached hydrogen (secondary N) is 1. The average Bonchev–Trinajstić information content (AvgIpc) is 2.42. The normalized spacial score (nSPS) is 10.4. The van der Waals surface area contributed by atoms with Crippen molar-refractivity contribution in [3.63, 3.8) is 0 Å². The number of benzene rings is 2. The van der Waals surface area contributed by atoms with Crippen LogP contribution in [0.5, 0.6) is 0 Å². The zero-order valence-corrected chi connectivity index (χ0v) is 13.9. The van der Waals surface area contributed by atoms with Crippen LogP contribution in [0, 0.1) is 12.7 Å². The SMILES string of the molecule is Cc1ccc(Br)cc1C(=O)NCc1cc(F)ccc1Br. The molecule has 0 aliphatic heterocycles. The number of amides is 1. The molecule has 2 aromatic carbocycles. The first-order valence-corrected chi connectivity index (χ1v) is 7.54. The van der Waals surface area contributed by atoms with Crippen LogP contribution in [0.4, 0.5) is 4.39 Å². The van der Waals surface area contributed by atoms with E-state index in [1.54, 1.807) is 12.1 Å². The van der Waals surface area contributed by atoms with Crippen LogP contribution in [0.2, 0.25) is 0 Å². The number of aryl methyl sites for hydroxylation is 1.